The van der Waals surface area contributed by atoms with Crippen LogP contribution in [-0.4, -0.2) is 43.7 Å². The van der Waals surface area contributed by atoms with Crippen molar-refractivity contribution in [3.8, 4) is 5.75 Å². The van der Waals surface area contributed by atoms with Crippen molar-refractivity contribution in [3.63, 3.8) is 0 Å². The number of benzene rings is 1. The van der Waals surface area contributed by atoms with Gasteiger partial charge < -0.3 is 15.4 Å². The van der Waals surface area contributed by atoms with Crippen LogP contribution in [0.15, 0.2) is 35.9 Å². The average molecular weight is 384 g/mol. The van der Waals surface area contributed by atoms with Crippen LogP contribution in [-0.2, 0) is 0 Å². The van der Waals surface area contributed by atoms with Gasteiger partial charge in [-0.3, -0.25) is 4.90 Å². The van der Waals surface area contributed by atoms with E-state index in [1.165, 1.54) is 12.8 Å². The summed E-state index contributed by atoms with van der Waals surface area (Å²) in [5.74, 6) is 2.43. The molecule has 152 valence electrons. The van der Waals surface area contributed by atoms with Gasteiger partial charge in [-0.05, 0) is 55.1 Å². The Labute approximate surface area is 168 Å². The van der Waals surface area contributed by atoms with Crippen molar-refractivity contribution in [3.05, 3.63) is 35.9 Å². The molecular formula is C23H33N3O2. The van der Waals surface area contributed by atoms with Gasteiger partial charge in [-0.25, -0.2) is 4.79 Å². The lowest BCUT2D eigenvalue weighted by Crippen LogP contribution is -2.51. The van der Waals surface area contributed by atoms with Gasteiger partial charge in [0.15, 0.2) is 0 Å². The molecule has 3 aliphatic carbocycles. The molecule has 5 heteroatoms. The van der Waals surface area contributed by atoms with Crippen molar-refractivity contribution >= 4 is 11.7 Å². The Morgan fingerprint density at radius 2 is 2.07 bits per heavy atom. The summed E-state index contributed by atoms with van der Waals surface area (Å²) in [5.41, 5.74) is 2.91. The maximum absolute atomic E-state index is 12.3. The van der Waals surface area contributed by atoms with E-state index in [2.05, 4.69) is 35.5 Å². The molecule has 1 aromatic carbocycles. The van der Waals surface area contributed by atoms with Gasteiger partial charge in [0.2, 0.25) is 0 Å². The van der Waals surface area contributed by atoms with Gasteiger partial charge in [0.1, 0.15) is 5.75 Å². The second-order valence-corrected chi connectivity index (χ2v) is 9.20. The van der Waals surface area contributed by atoms with Gasteiger partial charge in [0.25, 0.3) is 0 Å². The van der Waals surface area contributed by atoms with Crippen LogP contribution in [0.5, 0.6) is 5.75 Å². The number of amides is 2. The number of rotatable bonds is 5. The monoisotopic (exact) mass is 383 g/mol. The molecule has 5 nitrogen and oxygen atoms in total. The van der Waals surface area contributed by atoms with Crippen LogP contribution in [0, 0.1) is 17.3 Å². The highest BCUT2D eigenvalue weighted by atomic mass is 16.5. The second-order valence-electron chi connectivity index (χ2n) is 9.20. The zero-order chi connectivity index (χ0) is 19.7. The molecule has 28 heavy (non-hydrogen) atoms. The Morgan fingerprint density at radius 1 is 1.29 bits per heavy atom. The quantitative estimate of drug-likeness (QED) is 0.747. The molecule has 0 aromatic heterocycles. The Morgan fingerprint density at radius 3 is 2.75 bits per heavy atom. The zero-order valence-corrected chi connectivity index (χ0v) is 17.3. The van der Waals surface area contributed by atoms with Crippen molar-refractivity contribution in [2.45, 2.75) is 45.6 Å². The minimum absolute atomic E-state index is 0.135. The highest BCUT2D eigenvalue weighted by Gasteiger charge is 2.51. The van der Waals surface area contributed by atoms with Gasteiger partial charge >= 0.3 is 6.03 Å². The molecule has 1 saturated heterocycles. The van der Waals surface area contributed by atoms with E-state index in [1.807, 2.05) is 24.3 Å². The SMILES string of the molecule is COc1cccc(NC(=O)NC2CCN(CC3=CC[C@H]4C[C@@H]3C4(C)C)CC2)c1. The van der Waals surface area contributed by atoms with Crippen molar-refractivity contribution in [1.82, 2.24) is 10.2 Å². The average Bonchev–Trinajstić information content (AvgIpc) is 2.69. The molecule has 2 amide bonds. The fraction of sp³-hybridized carbons (Fsp3) is 0.609. The van der Waals surface area contributed by atoms with Crippen LogP contribution >= 0.6 is 0 Å². The van der Waals surface area contributed by atoms with E-state index in [-0.39, 0.29) is 12.1 Å². The van der Waals surface area contributed by atoms with Crippen LogP contribution in [0.4, 0.5) is 10.5 Å². The number of hydrogen-bond donors (Lipinski definition) is 2. The summed E-state index contributed by atoms with van der Waals surface area (Å²) in [4.78, 5) is 14.9. The fourth-order valence-corrected chi connectivity index (χ4v) is 5.20. The number of hydrogen-bond acceptors (Lipinski definition) is 3. The van der Waals surface area contributed by atoms with Gasteiger partial charge in [0.05, 0.1) is 7.11 Å². The van der Waals surface area contributed by atoms with Crippen molar-refractivity contribution < 1.29 is 9.53 Å². The molecule has 1 aliphatic heterocycles. The van der Waals surface area contributed by atoms with E-state index in [4.69, 9.17) is 4.74 Å². The summed E-state index contributed by atoms with van der Waals surface area (Å²) in [6.45, 7) is 8.10. The molecule has 1 aromatic rings. The Kier molecular flexibility index (Phi) is 5.37. The molecule has 5 rings (SSSR count). The second kappa shape index (κ2) is 7.78. The smallest absolute Gasteiger partial charge is 0.319 e. The van der Waals surface area contributed by atoms with Crippen LogP contribution in [0.2, 0.25) is 0 Å². The third kappa shape index (κ3) is 3.90. The van der Waals surface area contributed by atoms with Crippen LogP contribution in [0.25, 0.3) is 0 Å². The number of urea groups is 1. The minimum atomic E-state index is -0.135. The zero-order valence-electron chi connectivity index (χ0n) is 17.3. The summed E-state index contributed by atoms with van der Waals surface area (Å²) < 4.78 is 5.20. The highest BCUT2D eigenvalue weighted by molar-refractivity contribution is 5.89. The lowest BCUT2D eigenvalue weighted by Gasteiger charge is -2.57. The van der Waals surface area contributed by atoms with Crippen LogP contribution < -0.4 is 15.4 Å². The summed E-state index contributed by atoms with van der Waals surface area (Å²) in [5, 5.41) is 6.03. The first kappa shape index (κ1) is 19.3. The lowest BCUT2D eigenvalue weighted by atomic mass is 9.49. The third-order valence-corrected chi connectivity index (χ3v) is 7.24. The normalized spacial score (nSPS) is 26.8. The summed E-state index contributed by atoms with van der Waals surface area (Å²) in [7, 11) is 1.63. The van der Waals surface area contributed by atoms with Crippen molar-refractivity contribution in [2.75, 3.05) is 32.1 Å². The predicted octanol–water partition coefficient (Wildman–Crippen LogP) is 4.27. The molecule has 2 atom stereocenters. The Balaban J connectivity index is 1.22. The standard InChI is InChI=1S/C23H33N3O2/c1-23(2)17-8-7-16(21(23)13-17)15-26-11-9-18(10-12-26)24-22(27)25-19-5-4-6-20(14-19)28-3/h4-7,14,17-18,21H,8-13,15H2,1-3H3,(H2,24,25,27)/t17-,21-/m0/s1. The number of fused-ring (bicyclic) bond motifs is 1. The topological polar surface area (TPSA) is 53.6 Å². The molecule has 4 aliphatic rings. The molecular weight excluding hydrogens is 350 g/mol. The summed E-state index contributed by atoms with van der Waals surface area (Å²) in [6.07, 6.45) is 7.18. The van der Waals surface area contributed by atoms with Crippen LogP contribution in [0.3, 0.4) is 0 Å². The number of nitrogens with one attached hydrogen (secondary N) is 2. The van der Waals surface area contributed by atoms with E-state index in [9.17, 15) is 4.79 Å². The molecule has 0 radical (unpaired) electrons. The predicted molar refractivity (Wildman–Crippen MR) is 113 cm³/mol. The van der Waals surface area contributed by atoms with Gasteiger partial charge in [0, 0.05) is 37.4 Å². The number of likely N-dealkylation sites (tertiary alicyclic amines) is 1. The van der Waals surface area contributed by atoms with Gasteiger partial charge in [-0.2, -0.15) is 0 Å². The first-order valence-electron chi connectivity index (χ1n) is 10.6. The number of nitrogens with zero attached hydrogens (tertiary/aromatic N) is 1. The largest absolute Gasteiger partial charge is 0.497 e. The Bertz CT molecular complexity index is 750. The number of piperidine rings is 1. The molecule has 2 bridgehead atoms. The molecule has 0 unspecified atom stereocenters. The molecule has 0 spiro atoms. The molecule has 2 N–H and O–H groups in total. The number of carbonyl (C=O) groups excluding carboxylic acids is 1. The first-order chi connectivity index (χ1) is 13.5. The van der Waals surface area contributed by atoms with E-state index in [0.29, 0.717) is 5.41 Å². The number of anilines is 1. The van der Waals surface area contributed by atoms with E-state index >= 15 is 0 Å². The van der Waals surface area contributed by atoms with Gasteiger partial charge in [-0.15, -0.1) is 0 Å². The van der Waals surface area contributed by atoms with Gasteiger partial charge in [-0.1, -0.05) is 31.6 Å². The number of carbonyl (C=O) groups is 1. The van der Waals surface area contributed by atoms with Crippen molar-refractivity contribution in [2.24, 2.45) is 17.3 Å². The molecule has 1 heterocycles. The summed E-state index contributed by atoms with van der Waals surface area (Å²) >= 11 is 0. The van der Waals surface area contributed by atoms with E-state index in [0.717, 1.165) is 55.7 Å². The van der Waals surface area contributed by atoms with Crippen LogP contribution in [0.1, 0.15) is 39.5 Å². The first-order valence-corrected chi connectivity index (χ1v) is 10.6. The lowest BCUT2D eigenvalue weighted by molar-refractivity contribution is -0.0113. The summed E-state index contributed by atoms with van der Waals surface area (Å²) in [6, 6.07) is 7.54. The number of allylic oxidation sites excluding steroid dienone is 1. The maximum Gasteiger partial charge on any atom is 0.319 e. The molecule has 2 fully saturated rings. The highest BCUT2D eigenvalue weighted by Crippen LogP contribution is 2.59. The minimum Gasteiger partial charge on any atom is -0.497 e. The number of ether oxygens (including phenoxy) is 1. The van der Waals surface area contributed by atoms with Crippen molar-refractivity contribution in [1.29, 1.82) is 0 Å². The Hall–Kier alpha value is -2.01. The van der Waals surface area contributed by atoms with E-state index < -0.39 is 0 Å². The third-order valence-electron chi connectivity index (χ3n) is 7.24. The fourth-order valence-electron chi connectivity index (χ4n) is 5.20. The number of methoxy groups -OCH3 is 1. The molecule has 1 saturated carbocycles. The maximum atomic E-state index is 12.3. The van der Waals surface area contributed by atoms with E-state index in [1.54, 1.807) is 12.7 Å².